The quantitative estimate of drug-likeness (QED) is 0.178. The van der Waals surface area contributed by atoms with Crippen LogP contribution in [0.15, 0.2) is 6.33 Å². The highest BCUT2D eigenvalue weighted by molar-refractivity contribution is 5.91. The summed E-state index contributed by atoms with van der Waals surface area (Å²) in [6.45, 7) is 1.67. The molecule has 3 N–H and O–H groups in total. The lowest BCUT2D eigenvalue weighted by molar-refractivity contribution is -0.607. The number of imidazole rings is 1. The number of nitrogens with two attached hydrogens (primary N) is 1. The standard InChI is InChI=1S/C6H10N4O2/c1-4-5(6(11)8-7)10(12)3-9(4)2/h3H,7H2,1-2H3,(H,8,11). The van der Waals surface area contributed by atoms with Crippen molar-refractivity contribution in [1.82, 2.24) is 9.99 Å². The molecule has 1 aromatic rings. The summed E-state index contributed by atoms with van der Waals surface area (Å²) in [5.74, 6) is 4.31. The molecule has 0 unspecified atom stereocenters. The van der Waals surface area contributed by atoms with E-state index in [-0.39, 0.29) is 5.69 Å². The number of amides is 1. The van der Waals surface area contributed by atoms with Crippen molar-refractivity contribution < 1.29 is 9.52 Å². The van der Waals surface area contributed by atoms with Crippen molar-refractivity contribution in [1.29, 1.82) is 0 Å². The first-order chi connectivity index (χ1) is 5.57. The van der Waals surface area contributed by atoms with Gasteiger partial charge >= 0.3 is 5.91 Å². The van der Waals surface area contributed by atoms with Crippen LogP contribution in [0, 0.1) is 12.1 Å². The third-order valence-corrected chi connectivity index (χ3v) is 1.72. The maximum Gasteiger partial charge on any atom is 0.309 e. The summed E-state index contributed by atoms with van der Waals surface area (Å²) in [5.41, 5.74) is 2.51. The third kappa shape index (κ3) is 1.12. The molecule has 0 aliphatic rings. The average Bonchev–Trinajstić information content (AvgIpc) is 2.26. The molecule has 0 fully saturated rings. The van der Waals surface area contributed by atoms with Crippen molar-refractivity contribution in [2.75, 3.05) is 0 Å². The molecule has 0 aromatic carbocycles. The number of hydrazine groups is 1. The highest BCUT2D eigenvalue weighted by atomic mass is 16.5. The van der Waals surface area contributed by atoms with Crippen molar-refractivity contribution in [2.24, 2.45) is 12.9 Å². The number of rotatable bonds is 1. The van der Waals surface area contributed by atoms with Gasteiger partial charge in [0.15, 0.2) is 5.69 Å². The van der Waals surface area contributed by atoms with Crippen LogP contribution >= 0.6 is 0 Å². The highest BCUT2D eigenvalue weighted by Gasteiger charge is 2.20. The number of hydrogen-bond donors (Lipinski definition) is 2. The Morgan fingerprint density at radius 3 is 2.75 bits per heavy atom. The topological polar surface area (TPSA) is 87.0 Å². The van der Waals surface area contributed by atoms with Crippen LogP contribution in [0.2, 0.25) is 0 Å². The Bertz CT molecular complexity index is 318. The fourth-order valence-electron chi connectivity index (χ4n) is 0.961. The van der Waals surface area contributed by atoms with E-state index in [0.29, 0.717) is 10.4 Å². The summed E-state index contributed by atoms with van der Waals surface area (Å²) in [6.07, 6.45) is 1.26. The van der Waals surface area contributed by atoms with Crippen molar-refractivity contribution >= 4 is 5.91 Å². The lowest BCUT2D eigenvalue weighted by Gasteiger charge is -2.00. The molecule has 1 rings (SSSR count). The number of carbonyl (C=O) groups is 1. The molecule has 1 heterocycles. The number of nitrogens with zero attached hydrogens (tertiary/aromatic N) is 2. The molecule has 0 saturated carbocycles. The van der Waals surface area contributed by atoms with Gasteiger partial charge in [-0.3, -0.25) is 10.2 Å². The van der Waals surface area contributed by atoms with Gasteiger partial charge in [-0.15, -0.1) is 0 Å². The van der Waals surface area contributed by atoms with Gasteiger partial charge in [-0.25, -0.2) is 15.1 Å². The van der Waals surface area contributed by atoms with E-state index in [9.17, 15) is 10.0 Å². The number of nitrogens with one attached hydrogen (secondary N) is 1. The highest BCUT2D eigenvalue weighted by Crippen LogP contribution is 2.00. The number of carbonyl (C=O) groups excluding carboxylic acids is 1. The largest absolute Gasteiger partial charge is 0.710 e. The van der Waals surface area contributed by atoms with Crippen molar-refractivity contribution in [3.8, 4) is 0 Å². The van der Waals surface area contributed by atoms with E-state index in [1.54, 1.807) is 18.5 Å². The van der Waals surface area contributed by atoms with Gasteiger partial charge in [-0.1, -0.05) is 0 Å². The van der Waals surface area contributed by atoms with Crippen LogP contribution in [0.25, 0.3) is 0 Å². The summed E-state index contributed by atoms with van der Waals surface area (Å²) in [4.78, 5) is 11.0. The number of aromatic nitrogens is 2. The Labute approximate surface area is 69.1 Å². The van der Waals surface area contributed by atoms with Crippen molar-refractivity contribution in [2.45, 2.75) is 6.92 Å². The molecule has 12 heavy (non-hydrogen) atoms. The maximum absolute atomic E-state index is 11.0. The van der Waals surface area contributed by atoms with Gasteiger partial charge in [0, 0.05) is 6.92 Å². The van der Waals surface area contributed by atoms with Crippen molar-refractivity contribution in [3.05, 3.63) is 22.9 Å². The van der Waals surface area contributed by atoms with Gasteiger partial charge < -0.3 is 5.21 Å². The minimum atomic E-state index is -0.580. The van der Waals surface area contributed by atoms with Crippen LogP contribution in [0.3, 0.4) is 0 Å². The normalized spacial score (nSPS) is 9.92. The van der Waals surface area contributed by atoms with Crippen LogP contribution in [0.1, 0.15) is 16.2 Å². The molecular formula is C6H10N4O2. The first-order valence-electron chi connectivity index (χ1n) is 3.34. The van der Waals surface area contributed by atoms with E-state index in [1.807, 2.05) is 5.43 Å². The minimum absolute atomic E-state index is 0.0278. The monoisotopic (exact) mass is 170 g/mol. The van der Waals surface area contributed by atoms with E-state index in [0.717, 1.165) is 0 Å². The van der Waals surface area contributed by atoms with E-state index in [2.05, 4.69) is 0 Å². The Kier molecular flexibility index (Phi) is 2.01. The first-order valence-corrected chi connectivity index (χ1v) is 3.34. The molecule has 66 valence electrons. The third-order valence-electron chi connectivity index (χ3n) is 1.72. The predicted octanol–water partition coefficient (Wildman–Crippen LogP) is -1.43. The molecule has 0 aliphatic heterocycles. The SMILES string of the molecule is Cc1c(C(=O)NN)[n+]([O-])cn1C. The fourth-order valence-corrected chi connectivity index (χ4v) is 0.961. The van der Waals surface area contributed by atoms with Gasteiger partial charge in [0.2, 0.25) is 12.0 Å². The lowest BCUT2D eigenvalue weighted by atomic mass is 10.3. The average molecular weight is 170 g/mol. The molecule has 0 radical (unpaired) electrons. The zero-order chi connectivity index (χ0) is 9.30. The summed E-state index contributed by atoms with van der Waals surface area (Å²) < 4.78 is 2.04. The summed E-state index contributed by atoms with van der Waals surface area (Å²) in [5, 5.41) is 11.0. The Morgan fingerprint density at radius 1 is 1.83 bits per heavy atom. The number of hydrogen-bond acceptors (Lipinski definition) is 3. The van der Waals surface area contributed by atoms with E-state index in [4.69, 9.17) is 5.84 Å². The van der Waals surface area contributed by atoms with Crippen LogP contribution in [0.4, 0.5) is 0 Å². The Morgan fingerprint density at radius 2 is 2.42 bits per heavy atom. The zero-order valence-corrected chi connectivity index (χ0v) is 6.87. The summed E-state index contributed by atoms with van der Waals surface area (Å²) >= 11 is 0. The minimum Gasteiger partial charge on any atom is -0.710 e. The molecule has 0 aliphatic carbocycles. The Balaban J connectivity index is 3.22. The fraction of sp³-hybridized carbons (Fsp3) is 0.333. The Hall–Kier alpha value is -1.56. The van der Waals surface area contributed by atoms with Gasteiger partial charge in [0.1, 0.15) is 0 Å². The molecule has 1 amide bonds. The lowest BCUT2D eigenvalue weighted by Crippen LogP contribution is -2.40. The predicted molar refractivity (Wildman–Crippen MR) is 40.8 cm³/mol. The molecule has 0 saturated heterocycles. The van der Waals surface area contributed by atoms with Gasteiger partial charge in [0.25, 0.3) is 0 Å². The van der Waals surface area contributed by atoms with Crippen LogP contribution in [0.5, 0.6) is 0 Å². The molecule has 6 heteroatoms. The molecule has 0 atom stereocenters. The molecule has 0 bridgehead atoms. The second kappa shape index (κ2) is 2.82. The molecule has 6 nitrogen and oxygen atoms in total. The summed E-state index contributed by atoms with van der Waals surface area (Å²) in [6, 6.07) is 0. The number of nitrogen functional groups attached to an aromatic ring is 1. The molecule has 0 spiro atoms. The van der Waals surface area contributed by atoms with Gasteiger partial charge in [0.05, 0.1) is 7.05 Å². The maximum atomic E-state index is 11.0. The van der Waals surface area contributed by atoms with Crippen LogP contribution < -0.4 is 16.0 Å². The molecular weight excluding hydrogens is 160 g/mol. The van der Waals surface area contributed by atoms with Gasteiger partial charge in [-0.05, 0) is 0 Å². The molecule has 1 aromatic heterocycles. The van der Waals surface area contributed by atoms with Gasteiger partial charge in [-0.2, -0.15) is 0 Å². The summed E-state index contributed by atoms with van der Waals surface area (Å²) in [7, 11) is 1.68. The van der Waals surface area contributed by atoms with Crippen LogP contribution in [-0.2, 0) is 7.05 Å². The van der Waals surface area contributed by atoms with Crippen LogP contribution in [-0.4, -0.2) is 10.5 Å². The second-order valence-electron chi connectivity index (χ2n) is 2.46. The van der Waals surface area contributed by atoms with Crippen molar-refractivity contribution in [3.63, 3.8) is 0 Å². The second-order valence-corrected chi connectivity index (χ2v) is 2.46. The first kappa shape index (κ1) is 8.54. The van der Waals surface area contributed by atoms with E-state index >= 15 is 0 Å². The van der Waals surface area contributed by atoms with E-state index < -0.39 is 5.91 Å². The van der Waals surface area contributed by atoms with E-state index in [1.165, 1.54) is 6.33 Å². The smallest absolute Gasteiger partial charge is 0.309 e. The zero-order valence-electron chi connectivity index (χ0n) is 6.87. The number of aryl methyl sites for hydroxylation is 1.